The van der Waals surface area contributed by atoms with Crippen LogP contribution < -0.4 is 5.73 Å². The molecular formula is C11H16F3N3. The summed E-state index contributed by atoms with van der Waals surface area (Å²) in [5.74, 6) is 0. The molecule has 0 aliphatic rings. The SMILES string of the molecule is CCN(Cc1ccccn1)C(CN)C(F)(F)F. The maximum Gasteiger partial charge on any atom is 0.405 e. The number of nitrogens with zero attached hydrogens (tertiary/aromatic N) is 2. The van der Waals surface area contributed by atoms with Gasteiger partial charge in [0.15, 0.2) is 0 Å². The van der Waals surface area contributed by atoms with Gasteiger partial charge in [-0.05, 0) is 18.7 Å². The van der Waals surface area contributed by atoms with Crippen LogP contribution in [0, 0.1) is 0 Å². The van der Waals surface area contributed by atoms with Crippen LogP contribution in [0.3, 0.4) is 0 Å². The zero-order chi connectivity index (χ0) is 12.9. The van der Waals surface area contributed by atoms with E-state index >= 15 is 0 Å². The zero-order valence-corrected chi connectivity index (χ0v) is 9.61. The summed E-state index contributed by atoms with van der Waals surface area (Å²) in [6, 6.07) is 3.56. The lowest BCUT2D eigenvalue weighted by molar-refractivity contribution is -0.182. The molecule has 0 fully saturated rings. The summed E-state index contributed by atoms with van der Waals surface area (Å²) in [4.78, 5) is 5.30. The van der Waals surface area contributed by atoms with Crippen molar-refractivity contribution in [3.63, 3.8) is 0 Å². The Hall–Kier alpha value is -1.14. The van der Waals surface area contributed by atoms with Crippen molar-refractivity contribution in [2.24, 2.45) is 5.73 Å². The monoisotopic (exact) mass is 247 g/mol. The van der Waals surface area contributed by atoms with Crippen molar-refractivity contribution in [3.8, 4) is 0 Å². The fraction of sp³-hybridized carbons (Fsp3) is 0.545. The first-order valence-corrected chi connectivity index (χ1v) is 5.39. The van der Waals surface area contributed by atoms with Crippen LogP contribution in [0.15, 0.2) is 24.4 Å². The first kappa shape index (κ1) is 13.9. The van der Waals surface area contributed by atoms with Gasteiger partial charge in [-0.3, -0.25) is 9.88 Å². The molecule has 0 spiro atoms. The number of halogens is 3. The molecule has 1 rings (SSSR count). The van der Waals surface area contributed by atoms with Gasteiger partial charge in [-0.15, -0.1) is 0 Å². The van der Waals surface area contributed by atoms with Gasteiger partial charge in [0.25, 0.3) is 0 Å². The van der Waals surface area contributed by atoms with E-state index in [9.17, 15) is 13.2 Å². The molecule has 3 nitrogen and oxygen atoms in total. The highest BCUT2D eigenvalue weighted by Gasteiger charge is 2.42. The van der Waals surface area contributed by atoms with Gasteiger partial charge in [-0.1, -0.05) is 13.0 Å². The number of alkyl halides is 3. The maximum absolute atomic E-state index is 12.7. The van der Waals surface area contributed by atoms with E-state index in [0.29, 0.717) is 5.69 Å². The fourth-order valence-electron chi connectivity index (χ4n) is 1.63. The Balaban J connectivity index is 2.77. The Morgan fingerprint density at radius 1 is 1.41 bits per heavy atom. The minimum Gasteiger partial charge on any atom is -0.329 e. The summed E-state index contributed by atoms with van der Waals surface area (Å²) >= 11 is 0. The lowest BCUT2D eigenvalue weighted by Crippen LogP contribution is -2.49. The van der Waals surface area contributed by atoms with Crippen LogP contribution in [0.4, 0.5) is 13.2 Å². The zero-order valence-electron chi connectivity index (χ0n) is 9.61. The largest absolute Gasteiger partial charge is 0.405 e. The summed E-state index contributed by atoms with van der Waals surface area (Å²) < 4.78 is 38.2. The topological polar surface area (TPSA) is 42.2 Å². The standard InChI is InChI=1S/C11H16F3N3/c1-2-17(10(7-15)11(12,13)14)8-9-5-3-4-6-16-9/h3-6,10H,2,7-8,15H2,1H3. The Morgan fingerprint density at radius 2 is 2.12 bits per heavy atom. The van der Waals surface area contributed by atoms with Crippen molar-refractivity contribution in [2.75, 3.05) is 13.1 Å². The predicted molar refractivity (Wildman–Crippen MR) is 59.2 cm³/mol. The average molecular weight is 247 g/mol. The number of nitrogens with two attached hydrogens (primary N) is 1. The number of aromatic nitrogens is 1. The molecule has 1 aromatic rings. The van der Waals surface area contributed by atoms with E-state index < -0.39 is 18.8 Å². The fourth-order valence-corrected chi connectivity index (χ4v) is 1.63. The lowest BCUT2D eigenvalue weighted by atomic mass is 10.2. The van der Waals surface area contributed by atoms with E-state index in [1.54, 1.807) is 31.3 Å². The van der Waals surface area contributed by atoms with Gasteiger partial charge in [0.2, 0.25) is 0 Å². The summed E-state index contributed by atoms with van der Waals surface area (Å²) in [6.07, 6.45) is -2.74. The molecule has 0 aliphatic heterocycles. The molecule has 0 radical (unpaired) electrons. The predicted octanol–water partition coefficient (Wildman–Crippen LogP) is 1.79. The molecular weight excluding hydrogens is 231 g/mol. The van der Waals surface area contributed by atoms with Crippen LogP contribution in [0.25, 0.3) is 0 Å². The molecule has 2 N–H and O–H groups in total. The molecule has 6 heteroatoms. The van der Waals surface area contributed by atoms with Crippen molar-refractivity contribution in [2.45, 2.75) is 25.7 Å². The van der Waals surface area contributed by atoms with Crippen LogP contribution in [-0.4, -0.2) is 35.2 Å². The Morgan fingerprint density at radius 3 is 2.53 bits per heavy atom. The van der Waals surface area contributed by atoms with Crippen LogP contribution in [0.1, 0.15) is 12.6 Å². The molecule has 0 bridgehead atoms. The number of pyridine rings is 1. The molecule has 1 atom stereocenters. The van der Waals surface area contributed by atoms with Gasteiger partial charge in [-0.25, -0.2) is 0 Å². The quantitative estimate of drug-likeness (QED) is 0.862. The molecule has 0 aliphatic carbocycles. The third-order valence-electron chi connectivity index (χ3n) is 2.54. The summed E-state index contributed by atoms with van der Waals surface area (Å²) in [7, 11) is 0. The van der Waals surface area contributed by atoms with Crippen molar-refractivity contribution in [1.29, 1.82) is 0 Å². The number of hydrogen-bond donors (Lipinski definition) is 1. The van der Waals surface area contributed by atoms with E-state index in [0.717, 1.165) is 0 Å². The van der Waals surface area contributed by atoms with Crippen LogP contribution in [-0.2, 0) is 6.54 Å². The molecule has 0 saturated heterocycles. The van der Waals surface area contributed by atoms with Crippen molar-refractivity contribution in [3.05, 3.63) is 30.1 Å². The second kappa shape index (κ2) is 5.97. The van der Waals surface area contributed by atoms with E-state index in [1.165, 1.54) is 4.90 Å². The highest BCUT2D eigenvalue weighted by Crippen LogP contribution is 2.25. The minimum atomic E-state index is -4.31. The molecule has 1 unspecified atom stereocenters. The number of rotatable bonds is 5. The Labute approximate surface area is 98.4 Å². The summed E-state index contributed by atoms with van der Waals surface area (Å²) in [5, 5.41) is 0. The van der Waals surface area contributed by atoms with Gasteiger partial charge >= 0.3 is 6.18 Å². The highest BCUT2D eigenvalue weighted by atomic mass is 19.4. The summed E-state index contributed by atoms with van der Waals surface area (Å²) in [6.45, 7) is 1.66. The lowest BCUT2D eigenvalue weighted by Gasteiger charge is -2.30. The molecule has 96 valence electrons. The third kappa shape index (κ3) is 3.98. The van der Waals surface area contributed by atoms with Crippen LogP contribution >= 0.6 is 0 Å². The maximum atomic E-state index is 12.7. The van der Waals surface area contributed by atoms with Gasteiger partial charge in [0.05, 0.1) is 5.69 Å². The second-order valence-electron chi connectivity index (χ2n) is 3.68. The number of hydrogen-bond acceptors (Lipinski definition) is 3. The van der Waals surface area contributed by atoms with E-state index in [4.69, 9.17) is 5.73 Å². The molecule has 17 heavy (non-hydrogen) atoms. The van der Waals surface area contributed by atoms with Crippen molar-refractivity contribution < 1.29 is 13.2 Å². The van der Waals surface area contributed by atoms with Gasteiger partial charge in [-0.2, -0.15) is 13.2 Å². The van der Waals surface area contributed by atoms with Crippen molar-refractivity contribution in [1.82, 2.24) is 9.88 Å². The van der Waals surface area contributed by atoms with Gasteiger partial charge in [0.1, 0.15) is 6.04 Å². The third-order valence-corrected chi connectivity index (χ3v) is 2.54. The van der Waals surface area contributed by atoms with Crippen LogP contribution in [0.2, 0.25) is 0 Å². The van der Waals surface area contributed by atoms with E-state index in [-0.39, 0.29) is 13.1 Å². The molecule has 0 amide bonds. The number of likely N-dealkylation sites (N-methyl/N-ethyl adjacent to an activating group) is 1. The summed E-state index contributed by atoms with van der Waals surface area (Å²) in [5.41, 5.74) is 5.82. The van der Waals surface area contributed by atoms with E-state index in [1.807, 2.05) is 0 Å². The molecule has 1 aromatic heterocycles. The van der Waals surface area contributed by atoms with Crippen molar-refractivity contribution >= 4 is 0 Å². The smallest absolute Gasteiger partial charge is 0.329 e. The normalized spacial score (nSPS) is 14.0. The minimum absolute atomic E-state index is 0.152. The Bertz CT molecular complexity index is 326. The second-order valence-corrected chi connectivity index (χ2v) is 3.68. The first-order chi connectivity index (χ1) is 7.99. The Kier molecular flexibility index (Phi) is 4.89. The van der Waals surface area contributed by atoms with Crippen LogP contribution in [0.5, 0.6) is 0 Å². The molecule has 0 aromatic carbocycles. The molecule has 1 heterocycles. The highest BCUT2D eigenvalue weighted by molar-refractivity contribution is 5.03. The van der Waals surface area contributed by atoms with Gasteiger partial charge < -0.3 is 5.73 Å². The molecule has 0 saturated carbocycles. The van der Waals surface area contributed by atoms with E-state index in [2.05, 4.69) is 4.98 Å². The first-order valence-electron chi connectivity index (χ1n) is 5.39. The van der Waals surface area contributed by atoms with Gasteiger partial charge in [0, 0.05) is 19.3 Å². The average Bonchev–Trinajstić information content (AvgIpc) is 2.28.